The molecule has 0 amide bonds. The molecule has 1 aromatic heterocycles. The maximum Gasteiger partial charge on any atom is 0.143 e. The van der Waals surface area contributed by atoms with E-state index in [-0.39, 0.29) is 6.10 Å². The fraction of sp³-hybridized carbons (Fsp3) is 0.500. The van der Waals surface area contributed by atoms with E-state index in [1.54, 1.807) is 0 Å². The third-order valence-electron chi connectivity index (χ3n) is 4.32. The minimum absolute atomic E-state index is 0.125. The molecule has 0 bridgehead atoms. The Morgan fingerprint density at radius 1 is 1.24 bits per heavy atom. The molecule has 1 aliphatic heterocycles. The first-order chi connectivity index (χ1) is 12.0. The topological polar surface area (TPSA) is 50.3 Å². The number of rotatable bonds is 5. The number of para-hydroxylation sites is 2. The van der Waals surface area contributed by atoms with Crippen molar-refractivity contribution in [3.8, 4) is 5.75 Å². The minimum Gasteiger partial charge on any atom is -0.489 e. The quantitative estimate of drug-likeness (QED) is 0.865. The van der Waals surface area contributed by atoms with E-state index in [9.17, 15) is 0 Å². The average molecular weight is 340 g/mol. The zero-order valence-electron chi connectivity index (χ0n) is 15.6. The van der Waals surface area contributed by atoms with E-state index in [0.717, 1.165) is 42.0 Å². The van der Waals surface area contributed by atoms with Gasteiger partial charge in [0.1, 0.15) is 23.2 Å². The van der Waals surface area contributed by atoms with Crippen LogP contribution in [-0.2, 0) is 0 Å². The van der Waals surface area contributed by atoms with Gasteiger partial charge in [-0.05, 0) is 51.7 Å². The van der Waals surface area contributed by atoms with Crippen molar-refractivity contribution in [3.05, 3.63) is 36.2 Å². The highest BCUT2D eigenvalue weighted by atomic mass is 16.5. The number of aryl methyl sites for hydroxylation is 1. The molecule has 1 unspecified atom stereocenters. The zero-order valence-corrected chi connectivity index (χ0v) is 15.6. The molecular formula is C20H28N4O. The summed E-state index contributed by atoms with van der Waals surface area (Å²) < 4.78 is 5.89. The van der Waals surface area contributed by atoms with Gasteiger partial charge in [0.05, 0.1) is 11.8 Å². The summed E-state index contributed by atoms with van der Waals surface area (Å²) in [7, 11) is 0. The number of hydrogen-bond donors (Lipinski definition) is 1. The summed E-state index contributed by atoms with van der Waals surface area (Å²) in [6.45, 7) is 10.4. The summed E-state index contributed by atoms with van der Waals surface area (Å²) >= 11 is 0. The second kappa shape index (κ2) is 7.72. The molecule has 2 aromatic rings. The normalized spacial score (nSPS) is 17.6. The summed E-state index contributed by atoms with van der Waals surface area (Å²) in [5.74, 6) is 4.13. The Kier molecular flexibility index (Phi) is 5.41. The molecule has 0 aliphatic carbocycles. The SMILES string of the molecule is Cc1nc(Nc2ccccc2OC(C)C)cc(N2CCCC(C)C2)n1. The molecule has 25 heavy (non-hydrogen) atoms. The number of ether oxygens (including phenoxy) is 1. The van der Waals surface area contributed by atoms with Gasteiger partial charge < -0.3 is 15.0 Å². The van der Waals surface area contributed by atoms with Crippen LogP contribution in [0, 0.1) is 12.8 Å². The predicted octanol–water partition coefficient (Wildman–Crippen LogP) is 4.55. The van der Waals surface area contributed by atoms with Gasteiger partial charge >= 0.3 is 0 Å². The third kappa shape index (κ3) is 4.62. The van der Waals surface area contributed by atoms with E-state index in [0.29, 0.717) is 5.92 Å². The van der Waals surface area contributed by atoms with Gasteiger partial charge in [-0.3, -0.25) is 0 Å². The number of nitrogens with zero attached hydrogens (tertiary/aromatic N) is 3. The summed E-state index contributed by atoms with van der Waals surface area (Å²) in [6, 6.07) is 10.0. The minimum atomic E-state index is 0.125. The monoisotopic (exact) mass is 340 g/mol. The summed E-state index contributed by atoms with van der Waals surface area (Å²) in [6.07, 6.45) is 2.64. The third-order valence-corrected chi connectivity index (χ3v) is 4.32. The largest absolute Gasteiger partial charge is 0.489 e. The van der Waals surface area contributed by atoms with Crippen molar-refractivity contribution in [2.24, 2.45) is 5.92 Å². The lowest BCUT2D eigenvalue weighted by Crippen LogP contribution is -2.35. The van der Waals surface area contributed by atoms with Crippen molar-refractivity contribution in [3.63, 3.8) is 0 Å². The van der Waals surface area contributed by atoms with Gasteiger partial charge in [0.25, 0.3) is 0 Å². The Morgan fingerprint density at radius 3 is 2.80 bits per heavy atom. The first kappa shape index (κ1) is 17.5. The van der Waals surface area contributed by atoms with Gasteiger partial charge in [-0.25, -0.2) is 9.97 Å². The second-order valence-electron chi connectivity index (χ2n) is 7.14. The van der Waals surface area contributed by atoms with Crippen molar-refractivity contribution >= 4 is 17.3 Å². The summed E-state index contributed by atoms with van der Waals surface area (Å²) in [5, 5.41) is 3.41. The Bertz CT molecular complexity index is 717. The van der Waals surface area contributed by atoms with E-state index >= 15 is 0 Å². The summed E-state index contributed by atoms with van der Waals surface area (Å²) in [4.78, 5) is 11.6. The lowest BCUT2D eigenvalue weighted by atomic mass is 10.0. The van der Waals surface area contributed by atoms with Gasteiger partial charge in [0.2, 0.25) is 0 Å². The molecule has 1 atom stereocenters. The molecule has 3 rings (SSSR count). The number of anilines is 3. The molecule has 1 N–H and O–H groups in total. The van der Waals surface area contributed by atoms with Crippen molar-refractivity contribution in [1.29, 1.82) is 0 Å². The molecule has 0 saturated carbocycles. The highest BCUT2D eigenvalue weighted by molar-refractivity contribution is 5.65. The van der Waals surface area contributed by atoms with Crippen LogP contribution in [0.2, 0.25) is 0 Å². The van der Waals surface area contributed by atoms with Gasteiger partial charge in [-0.2, -0.15) is 0 Å². The Morgan fingerprint density at radius 2 is 2.04 bits per heavy atom. The molecule has 2 heterocycles. The predicted molar refractivity (Wildman–Crippen MR) is 103 cm³/mol. The van der Waals surface area contributed by atoms with Gasteiger partial charge in [-0.15, -0.1) is 0 Å². The molecular weight excluding hydrogens is 312 g/mol. The van der Waals surface area contributed by atoms with E-state index < -0.39 is 0 Å². The lowest BCUT2D eigenvalue weighted by Gasteiger charge is -2.32. The number of hydrogen-bond acceptors (Lipinski definition) is 5. The fourth-order valence-corrected chi connectivity index (χ4v) is 3.24. The highest BCUT2D eigenvalue weighted by Gasteiger charge is 2.18. The molecule has 5 heteroatoms. The first-order valence-corrected chi connectivity index (χ1v) is 9.14. The Labute approximate surface area is 150 Å². The molecule has 5 nitrogen and oxygen atoms in total. The van der Waals surface area contributed by atoms with Crippen molar-refractivity contribution in [1.82, 2.24) is 9.97 Å². The van der Waals surface area contributed by atoms with E-state index in [2.05, 4.69) is 27.1 Å². The van der Waals surface area contributed by atoms with Crippen LogP contribution in [0.4, 0.5) is 17.3 Å². The first-order valence-electron chi connectivity index (χ1n) is 9.14. The standard InChI is InChI=1S/C20H28N4O/c1-14(2)25-18-10-6-5-9-17(18)23-19-12-20(22-16(4)21-19)24-11-7-8-15(3)13-24/h5-6,9-10,12,14-15H,7-8,11,13H2,1-4H3,(H,21,22,23). The van der Waals surface area contributed by atoms with Crippen LogP contribution >= 0.6 is 0 Å². The number of nitrogens with one attached hydrogen (secondary N) is 1. The molecule has 1 saturated heterocycles. The smallest absolute Gasteiger partial charge is 0.143 e. The Hall–Kier alpha value is -2.30. The van der Waals surface area contributed by atoms with E-state index in [1.807, 2.05) is 51.1 Å². The zero-order chi connectivity index (χ0) is 17.8. The highest BCUT2D eigenvalue weighted by Crippen LogP contribution is 2.29. The van der Waals surface area contributed by atoms with Crippen LogP contribution in [0.1, 0.15) is 39.4 Å². The molecule has 0 radical (unpaired) electrons. The van der Waals surface area contributed by atoms with Crippen LogP contribution in [0.25, 0.3) is 0 Å². The summed E-state index contributed by atoms with van der Waals surface area (Å²) in [5.41, 5.74) is 0.923. The van der Waals surface area contributed by atoms with Crippen LogP contribution in [0.5, 0.6) is 5.75 Å². The number of benzene rings is 1. The van der Waals surface area contributed by atoms with E-state index in [1.165, 1.54) is 12.8 Å². The van der Waals surface area contributed by atoms with Crippen molar-refractivity contribution in [2.75, 3.05) is 23.3 Å². The molecule has 134 valence electrons. The second-order valence-corrected chi connectivity index (χ2v) is 7.14. The Balaban J connectivity index is 1.84. The molecule has 1 aliphatic rings. The molecule has 1 fully saturated rings. The maximum atomic E-state index is 5.89. The molecule has 0 spiro atoms. The lowest BCUT2D eigenvalue weighted by molar-refractivity contribution is 0.244. The van der Waals surface area contributed by atoms with Crippen molar-refractivity contribution < 1.29 is 4.74 Å². The average Bonchev–Trinajstić information content (AvgIpc) is 2.56. The van der Waals surface area contributed by atoms with Gasteiger partial charge in [0, 0.05) is 19.2 Å². The van der Waals surface area contributed by atoms with Crippen LogP contribution in [0.15, 0.2) is 30.3 Å². The van der Waals surface area contributed by atoms with Gasteiger partial charge in [-0.1, -0.05) is 19.1 Å². The van der Waals surface area contributed by atoms with Gasteiger partial charge in [0.15, 0.2) is 0 Å². The van der Waals surface area contributed by atoms with Crippen LogP contribution in [-0.4, -0.2) is 29.2 Å². The van der Waals surface area contributed by atoms with Crippen molar-refractivity contribution in [2.45, 2.75) is 46.6 Å². The van der Waals surface area contributed by atoms with Crippen LogP contribution < -0.4 is 15.0 Å². The molecule has 1 aromatic carbocycles. The maximum absolute atomic E-state index is 5.89. The van der Waals surface area contributed by atoms with Crippen LogP contribution in [0.3, 0.4) is 0 Å². The number of aromatic nitrogens is 2. The fourth-order valence-electron chi connectivity index (χ4n) is 3.24. The number of piperidine rings is 1. The van der Waals surface area contributed by atoms with E-state index in [4.69, 9.17) is 4.74 Å².